The summed E-state index contributed by atoms with van der Waals surface area (Å²) in [7, 11) is 5.65. The smallest absolute Gasteiger partial charge is 0.303 e. The molecule has 1 saturated heterocycles. The third kappa shape index (κ3) is 3.37. The molecule has 2 bridgehead atoms. The van der Waals surface area contributed by atoms with Crippen LogP contribution in [0.1, 0.15) is 48.4 Å². The van der Waals surface area contributed by atoms with Crippen molar-refractivity contribution in [2.75, 3.05) is 27.7 Å². The molecule has 0 radical (unpaired) electrons. The average molecular weight is 517 g/mol. The largest absolute Gasteiger partial charge is 0.493 e. The second-order valence-electron chi connectivity index (χ2n) is 11.4. The van der Waals surface area contributed by atoms with Crippen LogP contribution in [0.2, 0.25) is 0 Å². The minimum atomic E-state index is -0.723. The second-order valence-corrected chi connectivity index (χ2v) is 11.4. The summed E-state index contributed by atoms with van der Waals surface area (Å²) in [6.45, 7) is 4.41. The number of aryl methyl sites for hydroxylation is 1. The normalized spacial score (nSPS) is 30.9. The highest BCUT2D eigenvalue weighted by atomic mass is 16.6. The number of ether oxygens (including phenoxy) is 3. The summed E-state index contributed by atoms with van der Waals surface area (Å²) >= 11 is 0. The first-order valence-corrected chi connectivity index (χ1v) is 13.5. The van der Waals surface area contributed by atoms with E-state index in [1.54, 1.807) is 13.2 Å². The van der Waals surface area contributed by atoms with Crippen LogP contribution in [0.15, 0.2) is 42.5 Å². The zero-order chi connectivity index (χ0) is 26.8. The molecular weight excluding hydrogens is 480 g/mol. The van der Waals surface area contributed by atoms with Gasteiger partial charge >= 0.3 is 5.97 Å². The van der Waals surface area contributed by atoms with Gasteiger partial charge in [0.05, 0.1) is 24.6 Å². The van der Waals surface area contributed by atoms with E-state index in [-0.39, 0.29) is 30.1 Å². The van der Waals surface area contributed by atoms with Crippen molar-refractivity contribution in [2.24, 2.45) is 0 Å². The Morgan fingerprint density at radius 1 is 1.21 bits per heavy atom. The number of carbonyl (C=O) groups is 2. The molecule has 2 aromatic carbocycles. The molecule has 1 amide bonds. The molecule has 6 rings (SSSR count). The number of carbonyl (C=O) groups excluding carboxylic acids is 2. The lowest BCUT2D eigenvalue weighted by molar-refractivity contribution is -0.220. The number of hydrogen-bond acceptors (Lipinski definition) is 6. The maximum Gasteiger partial charge on any atom is 0.303 e. The van der Waals surface area contributed by atoms with Gasteiger partial charge in [0.15, 0.2) is 11.5 Å². The molecule has 7 heteroatoms. The molecule has 1 spiro atoms. The summed E-state index contributed by atoms with van der Waals surface area (Å²) in [5, 5.41) is 0. The SMILES string of the molecule is COc1ccc2c3c1O[C@H]1[C@@H](N(C)C(=O)C=Cc4cccc(C)c4)CC[C@@]4(OC(C)=O)[C@@H](C2)N(C)CC[C@]314. The van der Waals surface area contributed by atoms with Gasteiger partial charge in [0, 0.05) is 25.6 Å². The van der Waals surface area contributed by atoms with Crippen LogP contribution in [0.3, 0.4) is 0 Å². The van der Waals surface area contributed by atoms with Gasteiger partial charge in [-0.25, -0.2) is 0 Å². The van der Waals surface area contributed by atoms with Crippen molar-refractivity contribution in [3.05, 3.63) is 64.7 Å². The molecule has 0 N–H and O–H groups in total. The van der Waals surface area contributed by atoms with E-state index in [9.17, 15) is 9.59 Å². The number of hydrogen-bond donors (Lipinski definition) is 0. The fraction of sp³-hybridized carbons (Fsp3) is 0.484. The Balaban J connectivity index is 1.44. The summed E-state index contributed by atoms with van der Waals surface area (Å²) in [6.07, 6.45) is 6.08. The highest BCUT2D eigenvalue weighted by Gasteiger charge is 2.75. The molecule has 1 saturated carbocycles. The Hall–Kier alpha value is -3.32. The van der Waals surface area contributed by atoms with Crippen LogP contribution < -0.4 is 9.47 Å². The van der Waals surface area contributed by atoms with E-state index in [1.807, 2.05) is 49.2 Å². The molecule has 0 aromatic heterocycles. The lowest BCUT2D eigenvalue weighted by Crippen LogP contribution is -2.78. The lowest BCUT2D eigenvalue weighted by atomic mass is 9.48. The molecule has 7 nitrogen and oxygen atoms in total. The number of likely N-dealkylation sites (tertiary alicyclic amines) is 1. The van der Waals surface area contributed by atoms with Crippen molar-refractivity contribution in [2.45, 2.75) is 68.7 Å². The van der Waals surface area contributed by atoms with Crippen molar-refractivity contribution in [1.29, 1.82) is 0 Å². The van der Waals surface area contributed by atoms with Gasteiger partial charge in [-0.2, -0.15) is 0 Å². The van der Waals surface area contributed by atoms with E-state index >= 15 is 0 Å². The lowest BCUT2D eigenvalue weighted by Gasteiger charge is -2.65. The van der Waals surface area contributed by atoms with Gasteiger partial charge < -0.3 is 19.1 Å². The van der Waals surface area contributed by atoms with E-state index < -0.39 is 11.0 Å². The number of benzene rings is 2. The first-order chi connectivity index (χ1) is 18.2. The van der Waals surface area contributed by atoms with Gasteiger partial charge in [0.2, 0.25) is 5.91 Å². The van der Waals surface area contributed by atoms with E-state index in [1.165, 1.54) is 12.5 Å². The van der Waals surface area contributed by atoms with Gasteiger partial charge in [-0.1, -0.05) is 35.9 Å². The van der Waals surface area contributed by atoms with Crippen LogP contribution in [0.25, 0.3) is 6.08 Å². The van der Waals surface area contributed by atoms with Gasteiger partial charge in [-0.15, -0.1) is 0 Å². The molecule has 2 heterocycles. The second kappa shape index (κ2) is 8.87. The van der Waals surface area contributed by atoms with Crippen LogP contribution in [0.4, 0.5) is 0 Å². The van der Waals surface area contributed by atoms with Crippen molar-refractivity contribution < 1.29 is 23.8 Å². The minimum Gasteiger partial charge on any atom is -0.493 e. The Kier molecular flexibility index (Phi) is 5.83. The van der Waals surface area contributed by atoms with Crippen LogP contribution in [0, 0.1) is 6.92 Å². The molecule has 2 aromatic rings. The fourth-order valence-electron chi connectivity index (χ4n) is 7.93. The maximum absolute atomic E-state index is 13.5. The molecule has 2 fully saturated rings. The fourth-order valence-corrected chi connectivity index (χ4v) is 7.93. The number of likely N-dealkylation sites (N-methyl/N-ethyl adjacent to an activating group) is 2. The first-order valence-electron chi connectivity index (χ1n) is 13.5. The first kappa shape index (κ1) is 25.0. The monoisotopic (exact) mass is 516 g/mol. The summed E-state index contributed by atoms with van der Waals surface area (Å²) in [6, 6.07) is 12.1. The standard InChI is InChI=1S/C31H36N2O5/c1-19-7-6-8-21(17-19)9-12-26(35)33(4)23-13-14-31(38-20(2)34)25-18-22-10-11-24(36-5)28-27(22)30(31,29(23)37-28)15-16-32(25)3/h6-12,17,23,25,29H,13-16,18H2,1-5H3/t23-,25+,29-,30-,31+/m0/s1. The van der Waals surface area contributed by atoms with Crippen molar-refractivity contribution in [3.63, 3.8) is 0 Å². The summed E-state index contributed by atoms with van der Waals surface area (Å²) in [5.41, 5.74) is 3.21. The Morgan fingerprint density at radius 2 is 2.03 bits per heavy atom. The highest BCUT2D eigenvalue weighted by Crippen LogP contribution is 2.67. The Bertz CT molecular complexity index is 1340. The summed E-state index contributed by atoms with van der Waals surface area (Å²) in [4.78, 5) is 30.3. The van der Waals surface area contributed by atoms with Gasteiger partial charge in [-0.3, -0.25) is 14.5 Å². The number of esters is 1. The quantitative estimate of drug-likeness (QED) is 0.444. The Morgan fingerprint density at radius 3 is 2.76 bits per heavy atom. The predicted octanol–water partition coefficient (Wildman–Crippen LogP) is 3.90. The van der Waals surface area contributed by atoms with Crippen LogP contribution in [0.5, 0.6) is 11.5 Å². The molecule has 2 aliphatic carbocycles. The zero-order valence-corrected chi connectivity index (χ0v) is 22.8. The van der Waals surface area contributed by atoms with Crippen molar-refractivity contribution >= 4 is 18.0 Å². The van der Waals surface area contributed by atoms with Crippen molar-refractivity contribution in [3.8, 4) is 11.5 Å². The number of nitrogens with zero attached hydrogens (tertiary/aromatic N) is 2. The van der Waals surface area contributed by atoms with Gasteiger partial charge in [0.1, 0.15) is 11.7 Å². The van der Waals surface area contributed by atoms with Gasteiger partial charge in [0.25, 0.3) is 0 Å². The van der Waals surface area contributed by atoms with Crippen LogP contribution >= 0.6 is 0 Å². The summed E-state index contributed by atoms with van der Waals surface area (Å²) in [5.74, 6) is 1.10. The molecule has 38 heavy (non-hydrogen) atoms. The number of amides is 1. The minimum absolute atomic E-state index is 0.0428. The van der Waals surface area contributed by atoms with E-state index in [0.717, 1.165) is 41.8 Å². The van der Waals surface area contributed by atoms with E-state index in [0.29, 0.717) is 18.6 Å². The third-order valence-corrected chi connectivity index (χ3v) is 9.49. The molecule has 2 aliphatic heterocycles. The van der Waals surface area contributed by atoms with Gasteiger partial charge in [-0.05, 0) is 69.5 Å². The van der Waals surface area contributed by atoms with Crippen LogP contribution in [-0.2, 0) is 26.2 Å². The third-order valence-electron chi connectivity index (χ3n) is 9.49. The van der Waals surface area contributed by atoms with E-state index in [4.69, 9.17) is 14.2 Å². The molecule has 0 unspecified atom stereocenters. The van der Waals surface area contributed by atoms with E-state index in [2.05, 4.69) is 24.1 Å². The zero-order valence-electron chi connectivity index (χ0n) is 22.8. The van der Waals surface area contributed by atoms with Crippen molar-refractivity contribution in [1.82, 2.24) is 9.80 Å². The number of piperidine rings is 1. The molecular formula is C31H36N2O5. The Labute approximate surface area is 224 Å². The average Bonchev–Trinajstić information content (AvgIpc) is 3.24. The topological polar surface area (TPSA) is 68.3 Å². The number of rotatable bonds is 5. The molecule has 4 aliphatic rings. The summed E-state index contributed by atoms with van der Waals surface area (Å²) < 4.78 is 19.0. The highest BCUT2D eigenvalue weighted by molar-refractivity contribution is 5.92. The maximum atomic E-state index is 13.5. The molecule has 5 atom stereocenters. The molecule has 200 valence electrons. The number of methoxy groups -OCH3 is 1. The predicted molar refractivity (Wildman–Crippen MR) is 144 cm³/mol. The van der Waals surface area contributed by atoms with Crippen LogP contribution in [-0.4, -0.2) is 73.2 Å².